The van der Waals surface area contributed by atoms with Gasteiger partial charge >= 0.3 is 0 Å². The highest BCUT2D eigenvalue weighted by molar-refractivity contribution is 6.31. The molecule has 3 N–H and O–H groups in total. The van der Waals surface area contributed by atoms with E-state index in [-0.39, 0.29) is 46.4 Å². The summed E-state index contributed by atoms with van der Waals surface area (Å²) in [7, 11) is 0. The molecule has 3 aliphatic rings. The average molecular weight is 685 g/mol. The molecule has 0 spiro atoms. The first-order chi connectivity index (χ1) is 23.3. The summed E-state index contributed by atoms with van der Waals surface area (Å²) in [4.78, 5) is 41.3. The van der Waals surface area contributed by atoms with Crippen molar-refractivity contribution in [1.29, 1.82) is 5.26 Å². The number of aromatic nitrogens is 2. The number of carbonyl (C=O) groups is 3. The number of nitriles is 1. The van der Waals surface area contributed by atoms with Gasteiger partial charge in [0.2, 0.25) is 11.8 Å². The monoisotopic (exact) mass is 684 g/mol. The number of ether oxygens (including phenoxy) is 1. The average Bonchev–Trinajstić information content (AvgIpc) is 3.08. The van der Waals surface area contributed by atoms with Crippen LogP contribution in [0.1, 0.15) is 62.2 Å². The summed E-state index contributed by atoms with van der Waals surface area (Å²) in [5, 5.41) is 27.0. The van der Waals surface area contributed by atoms with Crippen molar-refractivity contribution in [3.8, 4) is 11.8 Å². The van der Waals surface area contributed by atoms with E-state index in [2.05, 4.69) is 81.8 Å². The van der Waals surface area contributed by atoms with E-state index in [1.54, 1.807) is 24.3 Å². The van der Waals surface area contributed by atoms with Crippen LogP contribution in [0, 0.1) is 22.2 Å². The summed E-state index contributed by atoms with van der Waals surface area (Å²) in [5.74, 6) is 0.527. The van der Waals surface area contributed by atoms with Crippen LogP contribution < -0.4 is 25.6 Å². The van der Waals surface area contributed by atoms with Crippen molar-refractivity contribution in [3.63, 3.8) is 0 Å². The second-order valence-electron chi connectivity index (χ2n) is 14.2. The summed E-state index contributed by atoms with van der Waals surface area (Å²) in [6.45, 7) is 12.3. The molecule has 3 fully saturated rings. The van der Waals surface area contributed by atoms with E-state index in [9.17, 15) is 19.6 Å². The summed E-state index contributed by atoms with van der Waals surface area (Å²) in [5.41, 5.74) is 1.90. The first-order valence-electron chi connectivity index (χ1n) is 16.5. The molecule has 2 aliphatic heterocycles. The van der Waals surface area contributed by atoms with Crippen molar-refractivity contribution >= 4 is 40.8 Å². The zero-order chi connectivity index (χ0) is 34.9. The maximum absolute atomic E-state index is 13.3. The Balaban J connectivity index is 0.977. The fourth-order valence-corrected chi connectivity index (χ4v) is 7.76. The van der Waals surface area contributed by atoms with Crippen LogP contribution in [-0.2, 0) is 16.1 Å². The van der Waals surface area contributed by atoms with Crippen LogP contribution in [0.2, 0.25) is 5.02 Å². The molecule has 0 radical (unpaired) electrons. The molecule has 1 aromatic heterocycles. The lowest BCUT2D eigenvalue weighted by atomic mass is 9.49. The number of nitrogens with one attached hydrogen (secondary N) is 3. The highest BCUT2D eigenvalue weighted by Gasteiger charge is 2.64. The van der Waals surface area contributed by atoms with Crippen LogP contribution in [0.4, 0.5) is 11.5 Å². The van der Waals surface area contributed by atoms with Crippen LogP contribution in [0.15, 0.2) is 54.6 Å². The Morgan fingerprint density at radius 3 is 2.35 bits per heavy atom. The smallest absolute Gasteiger partial charge is 0.272 e. The summed E-state index contributed by atoms with van der Waals surface area (Å²) < 4.78 is 6.33. The van der Waals surface area contributed by atoms with Gasteiger partial charge in [0.15, 0.2) is 11.5 Å². The predicted octanol–water partition coefficient (Wildman–Crippen LogP) is 4.15. The molecule has 256 valence electrons. The minimum absolute atomic E-state index is 0.182. The number of hydrogen-bond acceptors (Lipinski definition) is 10. The van der Waals surface area contributed by atoms with Gasteiger partial charge < -0.3 is 20.3 Å². The molecule has 3 amide bonds. The molecule has 6 rings (SSSR count). The van der Waals surface area contributed by atoms with Crippen molar-refractivity contribution in [2.45, 2.75) is 65.3 Å². The second-order valence-corrected chi connectivity index (χ2v) is 14.6. The van der Waals surface area contributed by atoms with E-state index in [4.69, 9.17) is 16.3 Å². The normalized spacial score (nSPS) is 23.1. The molecule has 13 heteroatoms. The first kappa shape index (κ1) is 34.1. The van der Waals surface area contributed by atoms with Gasteiger partial charge in [-0.15, -0.1) is 10.2 Å². The largest absolute Gasteiger partial charge is 0.489 e. The first-order valence-corrected chi connectivity index (χ1v) is 16.9. The van der Waals surface area contributed by atoms with E-state index in [0.29, 0.717) is 29.2 Å². The zero-order valence-corrected chi connectivity index (χ0v) is 28.9. The number of anilines is 2. The quantitative estimate of drug-likeness (QED) is 0.280. The Morgan fingerprint density at radius 2 is 1.73 bits per heavy atom. The molecule has 1 atom stereocenters. The molecule has 2 saturated heterocycles. The Morgan fingerprint density at radius 1 is 1.02 bits per heavy atom. The van der Waals surface area contributed by atoms with Crippen LogP contribution in [0.5, 0.6) is 5.75 Å². The Hall–Kier alpha value is -4.73. The van der Waals surface area contributed by atoms with Gasteiger partial charge in [-0.1, -0.05) is 51.4 Å². The lowest BCUT2D eigenvalue weighted by Crippen LogP contribution is -2.74. The second kappa shape index (κ2) is 13.6. The molecule has 1 saturated carbocycles. The molecular formula is C36H41ClN8O4. The molecule has 1 unspecified atom stereocenters. The summed E-state index contributed by atoms with van der Waals surface area (Å²) in [6, 6.07) is 18.1. The number of carbonyl (C=O) groups excluding carboxylic acids is 3. The van der Waals surface area contributed by atoms with E-state index in [0.717, 1.165) is 44.2 Å². The van der Waals surface area contributed by atoms with Gasteiger partial charge in [-0.3, -0.25) is 24.6 Å². The number of piperazine rings is 1. The molecule has 1 aliphatic carbocycles. The third kappa shape index (κ3) is 7.19. The molecular weight excluding hydrogens is 644 g/mol. The zero-order valence-electron chi connectivity index (χ0n) is 28.1. The van der Waals surface area contributed by atoms with Gasteiger partial charge in [0.05, 0.1) is 10.6 Å². The van der Waals surface area contributed by atoms with Gasteiger partial charge in [0, 0.05) is 67.8 Å². The van der Waals surface area contributed by atoms with Crippen molar-refractivity contribution < 1.29 is 19.1 Å². The fourth-order valence-electron chi connectivity index (χ4n) is 7.55. The summed E-state index contributed by atoms with van der Waals surface area (Å²) in [6.07, 6.45) is 0.625. The molecule has 3 aromatic rings. The van der Waals surface area contributed by atoms with Gasteiger partial charge in [-0.2, -0.15) is 5.26 Å². The third-order valence-corrected chi connectivity index (χ3v) is 10.3. The van der Waals surface area contributed by atoms with E-state index >= 15 is 0 Å². The van der Waals surface area contributed by atoms with Crippen molar-refractivity contribution in [1.82, 2.24) is 25.7 Å². The molecule has 3 heterocycles. The SMILES string of the molecule is CC1(C)C(NC(=O)c2ccc(N3CCN(Cc4ccc(NC5CCC(=O)NC5=O)cc4)CC3)nn2)C(C)(C)C1Oc1ccc(C#N)c(Cl)c1. The molecule has 2 aromatic carbocycles. The van der Waals surface area contributed by atoms with E-state index < -0.39 is 6.04 Å². The summed E-state index contributed by atoms with van der Waals surface area (Å²) >= 11 is 6.22. The van der Waals surface area contributed by atoms with Crippen LogP contribution in [0.3, 0.4) is 0 Å². The lowest BCUT2D eigenvalue weighted by Gasteiger charge is -2.63. The highest BCUT2D eigenvalue weighted by atomic mass is 35.5. The van der Waals surface area contributed by atoms with Crippen LogP contribution in [-0.4, -0.2) is 77.2 Å². The lowest BCUT2D eigenvalue weighted by molar-refractivity contribution is -0.164. The number of halogens is 1. The van der Waals surface area contributed by atoms with Gasteiger partial charge in [0.25, 0.3) is 5.91 Å². The van der Waals surface area contributed by atoms with E-state index in [1.165, 1.54) is 5.56 Å². The Labute approximate surface area is 291 Å². The number of benzene rings is 2. The number of rotatable bonds is 9. The van der Waals surface area contributed by atoms with E-state index in [1.807, 2.05) is 18.2 Å². The van der Waals surface area contributed by atoms with Crippen molar-refractivity contribution in [2.24, 2.45) is 10.8 Å². The Bertz CT molecular complexity index is 1750. The van der Waals surface area contributed by atoms with Gasteiger partial charge in [0.1, 0.15) is 24.0 Å². The molecule has 12 nitrogen and oxygen atoms in total. The highest BCUT2D eigenvalue weighted by Crippen LogP contribution is 2.55. The van der Waals surface area contributed by atoms with Crippen molar-refractivity contribution in [2.75, 3.05) is 36.4 Å². The number of piperidine rings is 1. The molecule has 49 heavy (non-hydrogen) atoms. The van der Waals surface area contributed by atoms with Crippen LogP contribution in [0.25, 0.3) is 0 Å². The topological polar surface area (TPSA) is 153 Å². The van der Waals surface area contributed by atoms with Crippen LogP contribution >= 0.6 is 11.6 Å². The maximum Gasteiger partial charge on any atom is 0.272 e. The molecule has 0 bridgehead atoms. The minimum atomic E-state index is -0.402. The van der Waals surface area contributed by atoms with Crippen molar-refractivity contribution in [3.05, 3.63) is 76.4 Å². The minimum Gasteiger partial charge on any atom is -0.489 e. The number of hydrogen-bond donors (Lipinski definition) is 3. The third-order valence-electron chi connectivity index (χ3n) is 9.95. The van der Waals surface area contributed by atoms with Gasteiger partial charge in [-0.05, 0) is 48.4 Å². The fraction of sp³-hybridized carbons (Fsp3) is 0.444. The Kier molecular flexibility index (Phi) is 9.51. The number of amides is 3. The predicted molar refractivity (Wildman–Crippen MR) is 185 cm³/mol. The number of nitrogens with zero attached hydrogens (tertiary/aromatic N) is 5. The maximum atomic E-state index is 13.3. The van der Waals surface area contributed by atoms with Gasteiger partial charge in [-0.25, -0.2) is 0 Å². The number of imide groups is 1. The standard InChI is InChI=1S/C36H41ClN8O4/c1-35(2)33(36(3,4)34(35)49-25-10-7-23(20-38)26(37)19-25)41-32(48)28-11-13-29(43-42-28)45-17-15-44(16-18-45)21-22-5-8-24(9-6-22)39-27-12-14-30(46)40-31(27)47/h5-11,13,19,27,33-34,39H,12,14-18,21H2,1-4H3,(H,41,48)(H,40,46,47).